The maximum Gasteiger partial charge on any atom is 0.255 e. The standard InChI is InChI=1S/C19H20ClFN2O2/c1-13-6-8-15(9-7-13)12-23(14(2)24)11-10-22-19(25)18-16(20)4-3-5-17(18)21/h3-9H,10-12H2,1-2H3,(H,22,25). The van der Waals surface area contributed by atoms with Crippen LogP contribution in [0.1, 0.15) is 28.4 Å². The molecule has 25 heavy (non-hydrogen) atoms. The molecule has 0 aromatic heterocycles. The Labute approximate surface area is 151 Å². The minimum atomic E-state index is -0.673. The Hall–Kier alpha value is -2.40. The normalized spacial score (nSPS) is 10.4. The molecule has 2 aromatic rings. The quantitative estimate of drug-likeness (QED) is 0.854. The summed E-state index contributed by atoms with van der Waals surface area (Å²) in [6.45, 7) is 4.45. The minimum Gasteiger partial charge on any atom is -0.350 e. The molecule has 2 amide bonds. The van der Waals surface area contributed by atoms with Gasteiger partial charge in [0, 0.05) is 26.6 Å². The van der Waals surface area contributed by atoms with Crippen molar-refractivity contribution < 1.29 is 14.0 Å². The van der Waals surface area contributed by atoms with Gasteiger partial charge in [0.25, 0.3) is 5.91 Å². The van der Waals surface area contributed by atoms with Crippen LogP contribution in [0.3, 0.4) is 0 Å². The van der Waals surface area contributed by atoms with Gasteiger partial charge in [-0.3, -0.25) is 9.59 Å². The molecule has 0 aliphatic rings. The van der Waals surface area contributed by atoms with Gasteiger partial charge >= 0.3 is 0 Å². The topological polar surface area (TPSA) is 49.4 Å². The summed E-state index contributed by atoms with van der Waals surface area (Å²) in [7, 11) is 0. The molecule has 0 saturated carbocycles. The van der Waals surface area contributed by atoms with E-state index in [1.165, 1.54) is 25.1 Å². The smallest absolute Gasteiger partial charge is 0.255 e. The minimum absolute atomic E-state index is 0.0561. The second kappa shape index (κ2) is 8.62. The van der Waals surface area contributed by atoms with Crippen molar-refractivity contribution >= 4 is 23.4 Å². The van der Waals surface area contributed by atoms with Gasteiger partial charge < -0.3 is 10.2 Å². The number of aryl methyl sites for hydroxylation is 1. The van der Waals surface area contributed by atoms with E-state index < -0.39 is 11.7 Å². The highest BCUT2D eigenvalue weighted by Gasteiger charge is 2.16. The highest BCUT2D eigenvalue weighted by atomic mass is 35.5. The van der Waals surface area contributed by atoms with Gasteiger partial charge in [0.05, 0.1) is 10.6 Å². The second-order valence-corrected chi connectivity index (χ2v) is 6.19. The van der Waals surface area contributed by atoms with Gasteiger partial charge in [-0.1, -0.05) is 47.5 Å². The Morgan fingerprint density at radius 3 is 2.44 bits per heavy atom. The summed E-state index contributed by atoms with van der Waals surface area (Å²) in [4.78, 5) is 25.5. The molecule has 1 N–H and O–H groups in total. The highest BCUT2D eigenvalue weighted by molar-refractivity contribution is 6.33. The molecule has 132 valence electrons. The van der Waals surface area contributed by atoms with Crippen molar-refractivity contribution in [2.24, 2.45) is 0 Å². The third kappa shape index (κ3) is 5.29. The molecule has 0 radical (unpaired) electrons. The van der Waals surface area contributed by atoms with Crippen LogP contribution in [0.4, 0.5) is 4.39 Å². The summed E-state index contributed by atoms with van der Waals surface area (Å²) < 4.78 is 13.7. The molecule has 0 aliphatic carbocycles. The van der Waals surface area contributed by atoms with Crippen LogP contribution < -0.4 is 5.32 Å². The van der Waals surface area contributed by atoms with Crippen molar-refractivity contribution in [3.63, 3.8) is 0 Å². The lowest BCUT2D eigenvalue weighted by molar-refractivity contribution is -0.129. The lowest BCUT2D eigenvalue weighted by Crippen LogP contribution is -2.37. The van der Waals surface area contributed by atoms with Crippen molar-refractivity contribution in [1.29, 1.82) is 0 Å². The number of rotatable bonds is 6. The number of carbonyl (C=O) groups excluding carboxylic acids is 2. The third-order valence-corrected chi connectivity index (χ3v) is 4.11. The predicted octanol–water partition coefficient (Wildman–Crippen LogP) is 3.57. The molecular weight excluding hydrogens is 343 g/mol. The first kappa shape index (κ1) is 18.9. The summed E-state index contributed by atoms with van der Waals surface area (Å²) in [6, 6.07) is 12.0. The van der Waals surface area contributed by atoms with E-state index >= 15 is 0 Å². The Bertz CT molecular complexity index is 742. The van der Waals surface area contributed by atoms with Crippen LogP contribution in [0, 0.1) is 12.7 Å². The average Bonchev–Trinajstić information content (AvgIpc) is 2.55. The third-order valence-electron chi connectivity index (χ3n) is 3.80. The van der Waals surface area contributed by atoms with Crippen molar-refractivity contribution in [3.8, 4) is 0 Å². The van der Waals surface area contributed by atoms with E-state index in [1.807, 2.05) is 31.2 Å². The fraction of sp³-hybridized carbons (Fsp3) is 0.263. The van der Waals surface area contributed by atoms with Crippen LogP contribution in [-0.2, 0) is 11.3 Å². The molecule has 0 unspecified atom stereocenters. The number of hydrogen-bond acceptors (Lipinski definition) is 2. The van der Waals surface area contributed by atoms with E-state index in [1.54, 1.807) is 4.90 Å². The molecule has 0 aliphatic heterocycles. The lowest BCUT2D eigenvalue weighted by atomic mass is 10.1. The lowest BCUT2D eigenvalue weighted by Gasteiger charge is -2.21. The van der Waals surface area contributed by atoms with Gasteiger partial charge in [0.1, 0.15) is 5.82 Å². The van der Waals surface area contributed by atoms with Crippen LogP contribution in [0.15, 0.2) is 42.5 Å². The van der Waals surface area contributed by atoms with Crippen LogP contribution in [0.25, 0.3) is 0 Å². The van der Waals surface area contributed by atoms with E-state index in [0.717, 1.165) is 11.1 Å². The first-order valence-electron chi connectivity index (χ1n) is 7.91. The Balaban J connectivity index is 1.94. The predicted molar refractivity (Wildman–Crippen MR) is 96.0 cm³/mol. The zero-order chi connectivity index (χ0) is 18.4. The van der Waals surface area contributed by atoms with Crippen molar-refractivity contribution in [1.82, 2.24) is 10.2 Å². The molecule has 0 bridgehead atoms. The fourth-order valence-corrected chi connectivity index (χ4v) is 2.62. The molecule has 0 saturated heterocycles. The van der Waals surface area contributed by atoms with Gasteiger partial charge in [-0.25, -0.2) is 4.39 Å². The van der Waals surface area contributed by atoms with Gasteiger partial charge in [-0.05, 0) is 24.6 Å². The Morgan fingerprint density at radius 1 is 1.16 bits per heavy atom. The van der Waals surface area contributed by atoms with Gasteiger partial charge in [0.2, 0.25) is 5.91 Å². The summed E-state index contributed by atoms with van der Waals surface area (Å²) in [6.07, 6.45) is 0. The number of halogens is 2. The molecule has 0 spiro atoms. The van der Waals surface area contributed by atoms with Crippen LogP contribution >= 0.6 is 11.6 Å². The monoisotopic (exact) mass is 362 g/mol. The number of nitrogens with one attached hydrogen (secondary N) is 1. The summed E-state index contributed by atoms with van der Waals surface area (Å²) in [5.41, 5.74) is 1.97. The van der Waals surface area contributed by atoms with Crippen LogP contribution in [0.2, 0.25) is 5.02 Å². The number of amides is 2. The first-order chi connectivity index (χ1) is 11.9. The largest absolute Gasteiger partial charge is 0.350 e. The van der Waals surface area contributed by atoms with Crippen LogP contribution in [0.5, 0.6) is 0 Å². The van der Waals surface area contributed by atoms with E-state index in [2.05, 4.69) is 5.32 Å². The van der Waals surface area contributed by atoms with Gasteiger partial charge in [0.15, 0.2) is 0 Å². The Kier molecular flexibility index (Phi) is 6.53. The SMILES string of the molecule is CC(=O)N(CCNC(=O)c1c(F)cccc1Cl)Cc1ccc(C)cc1. The number of hydrogen-bond donors (Lipinski definition) is 1. The highest BCUT2D eigenvalue weighted by Crippen LogP contribution is 2.18. The van der Waals surface area contributed by atoms with Crippen molar-refractivity contribution in [2.45, 2.75) is 20.4 Å². The van der Waals surface area contributed by atoms with Crippen molar-refractivity contribution in [2.75, 3.05) is 13.1 Å². The zero-order valence-corrected chi connectivity index (χ0v) is 14.9. The molecule has 0 fully saturated rings. The van der Waals surface area contributed by atoms with E-state index in [0.29, 0.717) is 13.1 Å². The van der Waals surface area contributed by atoms with Crippen LogP contribution in [-0.4, -0.2) is 29.8 Å². The van der Waals surface area contributed by atoms with Gasteiger partial charge in [-0.15, -0.1) is 0 Å². The molecule has 6 heteroatoms. The van der Waals surface area contributed by atoms with Crippen molar-refractivity contribution in [3.05, 3.63) is 70.0 Å². The Morgan fingerprint density at radius 2 is 1.84 bits per heavy atom. The molecule has 2 aromatic carbocycles. The number of nitrogens with zero attached hydrogens (tertiary/aromatic N) is 1. The fourth-order valence-electron chi connectivity index (χ4n) is 2.37. The number of carbonyl (C=O) groups is 2. The van der Waals surface area contributed by atoms with E-state index in [4.69, 9.17) is 11.6 Å². The zero-order valence-electron chi connectivity index (χ0n) is 14.2. The molecule has 0 atom stereocenters. The first-order valence-corrected chi connectivity index (χ1v) is 8.29. The average molecular weight is 363 g/mol. The molecule has 0 heterocycles. The maximum absolute atomic E-state index is 13.7. The maximum atomic E-state index is 13.7. The number of benzene rings is 2. The molecule has 2 rings (SSSR count). The molecular formula is C19H20ClFN2O2. The van der Waals surface area contributed by atoms with E-state index in [-0.39, 0.29) is 23.0 Å². The van der Waals surface area contributed by atoms with E-state index in [9.17, 15) is 14.0 Å². The second-order valence-electron chi connectivity index (χ2n) is 5.78. The summed E-state index contributed by atoms with van der Waals surface area (Å²) in [5.74, 6) is -1.37. The summed E-state index contributed by atoms with van der Waals surface area (Å²) in [5, 5.41) is 2.66. The van der Waals surface area contributed by atoms with Gasteiger partial charge in [-0.2, -0.15) is 0 Å². The molecule has 4 nitrogen and oxygen atoms in total. The summed E-state index contributed by atoms with van der Waals surface area (Å²) >= 11 is 5.87.